The van der Waals surface area contributed by atoms with E-state index < -0.39 is 5.41 Å². The third-order valence-corrected chi connectivity index (χ3v) is 4.12. The molecular weight excluding hydrogens is 260 g/mol. The molecule has 0 aromatic carbocycles. The number of carbonyl (C=O) groups excluding carboxylic acids is 1. The molecule has 0 aliphatic heterocycles. The number of imidazole rings is 1. The lowest BCUT2D eigenvalue weighted by Crippen LogP contribution is -2.56. The van der Waals surface area contributed by atoms with E-state index in [4.69, 9.17) is 18.0 Å². The van der Waals surface area contributed by atoms with Crippen molar-refractivity contribution in [3.63, 3.8) is 0 Å². The Bertz CT molecular complexity index is 451. The Balaban J connectivity index is 1.76. The molecule has 0 spiro atoms. The molecule has 5 nitrogen and oxygen atoms in total. The summed E-state index contributed by atoms with van der Waals surface area (Å²) in [5, 5.41) is 2.94. The number of amides is 1. The number of H-pyrrole nitrogens is 1. The summed E-state index contributed by atoms with van der Waals surface area (Å²) in [5.41, 5.74) is 5.14. The van der Waals surface area contributed by atoms with E-state index in [0.717, 1.165) is 31.5 Å². The van der Waals surface area contributed by atoms with Gasteiger partial charge in [0.15, 0.2) is 0 Å². The highest BCUT2D eigenvalue weighted by atomic mass is 32.1. The topological polar surface area (TPSA) is 83.8 Å². The van der Waals surface area contributed by atoms with E-state index in [9.17, 15) is 4.79 Å². The monoisotopic (exact) mass is 280 g/mol. The van der Waals surface area contributed by atoms with Crippen LogP contribution in [0, 0.1) is 11.3 Å². The molecule has 1 aliphatic rings. The summed E-state index contributed by atoms with van der Waals surface area (Å²) in [4.78, 5) is 19.7. The van der Waals surface area contributed by atoms with Gasteiger partial charge in [-0.3, -0.25) is 4.79 Å². The van der Waals surface area contributed by atoms with Gasteiger partial charge in [0.2, 0.25) is 5.91 Å². The van der Waals surface area contributed by atoms with Crippen LogP contribution in [0.2, 0.25) is 0 Å². The van der Waals surface area contributed by atoms with E-state index in [2.05, 4.69) is 22.2 Å². The van der Waals surface area contributed by atoms with Crippen molar-refractivity contribution in [2.75, 3.05) is 6.54 Å². The first-order chi connectivity index (χ1) is 9.04. The van der Waals surface area contributed by atoms with Gasteiger partial charge in [-0.05, 0) is 25.2 Å². The van der Waals surface area contributed by atoms with Crippen molar-refractivity contribution in [1.29, 1.82) is 0 Å². The van der Waals surface area contributed by atoms with Gasteiger partial charge >= 0.3 is 0 Å². The highest BCUT2D eigenvalue weighted by molar-refractivity contribution is 7.80. The molecule has 4 N–H and O–H groups in total. The number of rotatable bonds is 6. The van der Waals surface area contributed by atoms with Crippen LogP contribution in [-0.2, 0) is 11.2 Å². The summed E-state index contributed by atoms with van der Waals surface area (Å²) in [6.07, 6.45) is 6.74. The van der Waals surface area contributed by atoms with Gasteiger partial charge in [-0.2, -0.15) is 0 Å². The van der Waals surface area contributed by atoms with Gasteiger partial charge in [0, 0.05) is 25.4 Å². The molecule has 1 fully saturated rings. The fourth-order valence-electron chi connectivity index (χ4n) is 2.69. The van der Waals surface area contributed by atoms with Crippen molar-refractivity contribution in [1.82, 2.24) is 15.3 Å². The molecule has 0 atom stereocenters. The highest BCUT2D eigenvalue weighted by Gasteiger charge is 2.50. The molecule has 2 rings (SSSR count). The fourth-order valence-corrected chi connectivity index (χ4v) is 2.95. The number of nitrogens with two attached hydrogens (primary N) is 1. The molecule has 1 heterocycles. The summed E-state index contributed by atoms with van der Waals surface area (Å²) in [7, 11) is 0. The second kappa shape index (κ2) is 5.69. The minimum Gasteiger partial charge on any atom is -0.392 e. The number of hydrogen-bond acceptors (Lipinski definition) is 3. The van der Waals surface area contributed by atoms with Crippen LogP contribution in [0.3, 0.4) is 0 Å². The van der Waals surface area contributed by atoms with E-state index in [1.165, 1.54) is 0 Å². The average molecular weight is 280 g/mol. The van der Waals surface area contributed by atoms with Crippen molar-refractivity contribution in [2.45, 2.75) is 32.6 Å². The zero-order chi connectivity index (χ0) is 13.9. The van der Waals surface area contributed by atoms with Crippen LogP contribution in [0.25, 0.3) is 0 Å². The summed E-state index contributed by atoms with van der Waals surface area (Å²) in [6.45, 7) is 2.74. The summed E-state index contributed by atoms with van der Waals surface area (Å²) >= 11 is 5.06. The zero-order valence-corrected chi connectivity index (χ0v) is 11.9. The van der Waals surface area contributed by atoms with Crippen molar-refractivity contribution in [3.05, 3.63) is 18.2 Å². The summed E-state index contributed by atoms with van der Waals surface area (Å²) in [5.74, 6) is 1.45. The molecular formula is C13H20N4OS. The summed E-state index contributed by atoms with van der Waals surface area (Å²) < 4.78 is 0. The van der Waals surface area contributed by atoms with Gasteiger partial charge in [-0.15, -0.1) is 0 Å². The second-order valence-electron chi connectivity index (χ2n) is 5.36. The van der Waals surface area contributed by atoms with Crippen LogP contribution in [0.15, 0.2) is 12.4 Å². The third-order valence-electron chi connectivity index (χ3n) is 3.73. The highest BCUT2D eigenvalue weighted by Crippen LogP contribution is 2.45. The Kier molecular flexibility index (Phi) is 4.19. The molecule has 1 aromatic rings. The lowest BCUT2D eigenvalue weighted by molar-refractivity contribution is -0.132. The first-order valence-electron chi connectivity index (χ1n) is 6.61. The minimum atomic E-state index is -0.598. The number of thiocarbonyl (C=S) groups is 1. The maximum absolute atomic E-state index is 12.2. The van der Waals surface area contributed by atoms with Gasteiger partial charge in [0.05, 0.1) is 10.4 Å². The zero-order valence-electron chi connectivity index (χ0n) is 11.1. The van der Waals surface area contributed by atoms with E-state index in [1.807, 2.05) is 0 Å². The SMILES string of the molecule is CC1CC(C(=O)NCCCc2ncc[nH]2)(C(N)=S)C1. The molecule has 1 aliphatic carbocycles. The van der Waals surface area contributed by atoms with Crippen LogP contribution in [0.4, 0.5) is 0 Å². The minimum absolute atomic E-state index is 0.0162. The number of hydrogen-bond donors (Lipinski definition) is 3. The average Bonchev–Trinajstić information content (AvgIpc) is 2.82. The number of aryl methyl sites for hydroxylation is 1. The van der Waals surface area contributed by atoms with Crippen LogP contribution < -0.4 is 11.1 Å². The van der Waals surface area contributed by atoms with Crippen LogP contribution in [0.1, 0.15) is 32.0 Å². The lowest BCUT2D eigenvalue weighted by atomic mass is 9.62. The van der Waals surface area contributed by atoms with E-state index >= 15 is 0 Å². The molecule has 104 valence electrons. The maximum Gasteiger partial charge on any atom is 0.233 e. The van der Waals surface area contributed by atoms with Gasteiger partial charge < -0.3 is 16.0 Å². The van der Waals surface area contributed by atoms with Crippen molar-refractivity contribution >= 4 is 23.1 Å². The van der Waals surface area contributed by atoms with Crippen LogP contribution in [-0.4, -0.2) is 27.4 Å². The Morgan fingerprint density at radius 1 is 1.68 bits per heavy atom. The van der Waals surface area contributed by atoms with E-state index in [0.29, 0.717) is 17.5 Å². The predicted octanol–water partition coefficient (Wildman–Crippen LogP) is 1.16. The molecule has 0 bridgehead atoms. The number of aromatic amines is 1. The van der Waals surface area contributed by atoms with Crippen molar-refractivity contribution < 1.29 is 4.79 Å². The van der Waals surface area contributed by atoms with Crippen molar-refractivity contribution in [2.24, 2.45) is 17.1 Å². The number of nitrogens with zero attached hydrogens (tertiary/aromatic N) is 1. The normalized spacial score (nSPS) is 25.6. The lowest BCUT2D eigenvalue weighted by Gasteiger charge is -2.44. The largest absolute Gasteiger partial charge is 0.392 e. The molecule has 0 radical (unpaired) electrons. The predicted molar refractivity (Wildman–Crippen MR) is 77.5 cm³/mol. The van der Waals surface area contributed by atoms with Crippen LogP contribution >= 0.6 is 12.2 Å². The molecule has 0 unspecified atom stereocenters. The first-order valence-corrected chi connectivity index (χ1v) is 7.02. The molecule has 1 saturated carbocycles. The molecule has 0 saturated heterocycles. The Morgan fingerprint density at radius 2 is 2.42 bits per heavy atom. The molecule has 1 amide bonds. The first kappa shape index (κ1) is 14.0. The number of carbonyl (C=O) groups is 1. The molecule has 1 aromatic heterocycles. The quantitative estimate of drug-likeness (QED) is 0.539. The Hall–Kier alpha value is -1.43. The third kappa shape index (κ3) is 2.94. The Morgan fingerprint density at radius 3 is 2.95 bits per heavy atom. The molecule has 6 heteroatoms. The second-order valence-corrected chi connectivity index (χ2v) is 5.79. The maximum atomic E-state index is 12.2. The molecule has 19 heavy (non-hydrogen) atoms. The smallest absolute Gasteiger partial charge is 0.233 e. The van der Waals surface area contributed by atoms with Gasteiger partial charge in [0.1, 0.15) is 5.82 Å². The van der Waals surface area contributed by atoms with Crippen molar-refractivity contribution in [3.8, 4) is 0 Å². The van der Waals surface area contributed by atoms with Crippen LogP contribution in [0.5, 0.6) is 0 Å². The Labute approximate surface area is 118 Å². The van der Waals surface area contributed by atoms with Gasteiger partial charge in [-0.25, -0.2) is 4.98 Å². The van der Waals surface area contributed by atoms with E-state index in [1.54, 1.807) is 12.4 Å². The fraction of sp³-hybridized carbons (Fsp3) is 0.615. The standard InChI is InChI=1S/C13H20N4OS/c1-9-7-13(8-9,11(14)19)12(18)17-4-2-3-10-15-5-6-16-10/h5-6,9H,2-4,7-8H2,1H3,(H2,14,19)(H,15,16)(H,17,18). The van der Waals surface area contributed by atoms with Gasteiger partial charge in [0.25, 0.3) is 0 Å². The van der Waals surface area contributed by atoms with Gasteiger partial charge in [-0.1, -0.05) is 19.1 Å². The van der Waals surface area contributed by atoms with E-state index in [-0.39, 0.29) is 5.91 Å². The summed E-state index contributed by atoms with van der Waals surface area (Å²) in [6, 6.07) is 0. The number of aromatic nitrogens is 2. The number of nitrogens with one attached hydrogen (secondary N) is 2.